The van der Waals surface area contributed by atoms with Crippen LogP contribution in [0.5, 0.6) is 0 Å². The summed E-state index contributed by atoms with van der Waals surface area (Å²) in [7, 11) is 1.69. The van der Waals surface area contributed by atoms with Crippen LogP contribution < -0.4 is 10.6 Å². The highest BCUT2D eigenvalue weighted by Crippen LogP contribution is 2.12. The summed E-state index contributed by atoms with van der Waals surface area (Å²) in [5.41, 5.74) is 4.25. The van der Waals surface area contributed by atoms with E-state index in [1.165, 1.54) is 12.1 Å². The van der Waals surface area contributed by atoms with E-state index in [4.69, 9.17) is 4.74 Å². The Balaban J connectivity index is 2.02. The van der Waals surface area contributed by atoms with E-state index in [1.807, 2.05) is 18.5 Å². The van der Waals surface area contributed by atoms with Crippen molar-refractivity contribution in [3.63, 3.8) is 0 Å². The van der Waals surface area contributed by atoms with Crippen molar-refractivity contribution in [1.82, 2.24) is 20.4 Å². The molecule has 0 amide bonds. The second-order valence-electron chi connectivity index (χ2n) is 6.04. The van der Waals surface area contributed by atoms with Crippen LogP contribution in [0.15, 0.2) is 29.3 Å². The summed E-state index contributed by atoms with van der Waals surface area (Å²) in [6.45, 7) is 9.36. The number of hydrogen-bond acceptors (Lipinski definition) is 3. The Kier molecular flexibility index (Phi) is 7.59. The maximum Gasteiger partial charge on any atom is 0.191 e. The molecule has 2 N–H and O–H groups in total. The third-order valence-electron chi connectivity index (χ3n) is 4.15. The number of benzene rings is 1. The largest absolute Gasteiger partial charge is 0.383 e. The van der Waals surface area contributed by atoms with Gasteiger partial charge in [0.05, 0.1) is 25.4 Å². The molecule has 26 heavy (non-hydrogen) atoms. The third kappa shape index (κ3) is 5.56. The Bertz CT molecular complexity index is 724. The third-order valence-corrected chi connectivity index (χ3v) is 4.15. The molecular formula is C19H28FN5O. The van der Waals surface area contributed by atoms with Crippen LogP contribution in [-0.2, 0) is 24.4 Å². The van der Waals surface area contributed by atoms with Gasteiger partial charge >= 0.3 is 0 Å². The monoisotopic (exact) mass is 361 g/mol. The van der Waals surface area contributed by atoms with Gasteiger partial charge in [-0.3, -0.25) is 4.68 Å². The van der Waals surface area contributed by atoms with Crippen LogP contribution in [0.4, 0.5) is 4.39 Å². The number of ether oxygens (including phenoxy) is 1. The first kappa shape index (κ1) is 19.9. The van der Waals surface area contributed by atoms with Crippen LogP contribution in [0.1, 0.15) is 29.4 Å². The number of rotatable bonds is 8. The fourth-order valence-electron chi connectivity index (χ4n) is 2.66. The molecule has 2 rings (SSSR count). The molecule has 142 valence electrons. The molecule has 0 unspecified atom stereocenters. The molecule has 0 bridgehead atoms. The lowest BCUT2D eigenvalue weighted by molar-refractivity contribution is 0.182. The predicted octanol–water partition coefficient (Wildman–Crippen LogP) is 2.54. The number of guanidine groups is 1. The lowest BCUT2D eigenvalue weighted by Gasteiger charge is -2.12. The van der Waals surface area contributed by atoms with Gasteiger partial charge in [0.1, 0.15) is 5.82 Å². The zero-order valence-corrected chi connectivity index (χ0v) is 16.0. The molecule has 0 saturated heterocycles. The van der Waals surface area contributed by atoms with Gasteiger partial charge in [0.2, 0.25) is 0 Å². The number of nitrogens with one attached hydrogen (secondary N) is 2. The molecule has 0 fully saturated rings. The van der Waals surface area contributed by atoms with Crippen molar-refractivity contribution in [2.75, 3.05) is 20.3 Å². The van der Waals surface area contributed by atoms with E-state index in [0.717, 1.165) is 41.6 Å². The second kappa shape index (κ2) is 9.91. The van der Waals surface area contributed by atoms with Crippen LogP contribution >= 0.6 is 0 Å². The topological polar surface area (TPSA) is 63.5 Å². The van der Waals surface area contributed by atoms with Crippen LogP contribution in [0.3, 0.4) is 0 Å². The van der Waals surface area contributed by atoms with Crippen LogP contribution in [0.25, 0.3) is 0 Å². The number of aromatic nitrogens is 2. The van der Waals surface area contributed by atoms with Crippen molar-refractivity contribution in [2.45, 2.75) is 40.4 Å². The maximum atomic E-state index is 13.0. The zero-order chi connectivity index (χ0) is 18.9. The normalized spacial score (nSPS) is 11.7. The summed E-state index contributed by atoms with van der Waals surface area (Å²) in [5.74, 6) is 0.486. The highest BCUT2D eigenvalue weighted by molar-refractivity contribution is 5.79. The number of hydrogen-bond donors (Lipinski definition) is 2. The lowest BCUT2D eigenvalue weighted by atomic mass is 10.2. The average Bonchev–Trinajstić information content (AvgIpc) is 2.90. The highest BCUT2D eigenvalue weighted by atomic mass is 19.1. The first-order valence-electron chi connectivity index (χ1n) is 8.83. The molecule has 7 heteroatoms. The molecule has 6 nitrogen and oxygen atoms in total. The van der Waals surface area contributed by atoms with E-state index in [0.29, 0.717) is 19.7 Å². The summed E-state index contributed by atoms with van der Waals surface area (Å²) < 4.78 is 20.1. The molecule has 2 aromatic rings. The number of halogens is 1. The van der Waals surface area contributed by atoms with Crippen LogP contribution in [0, 0.1) is 19.7 Å². The van der Waals surface area contributed by atoms with E-state index in [2.05, 4.69) is 27.6 Å². The molecule has 0 radical (unpaired) electrons. The first-order valence-corrected chi connectivity index (χ1v) is 8.83. The number of aliphatic imine (C=N–C) groups is 1. The van der Waals surface area contributed by atoms with Gasteiger partial charge in [0.25, 0.3) is 0 Å². The van der Waals surface area contributed by atoms with E-state index < -0.39 is 0 Å². The van der Waals surface area contributed by atoms with Gasteiger partial charge < -0.3 is 15.4 Å². The first-order chi connectivity index (χ1) is 12.5. The van der Waals surface area contributed by atoms with E-state index in [9.17, 15) is 4.39 Å². The van der Waals surface area contributed by atoms with Crippen molar-refractivity contribution in [2.24, 2.45) is 4.99 Å². The van der Waals surface area contributed by atoms with Crippen LogP contribution in [0.2, 0.25) is 0 Å². The molecular weight excluding hydrogens is 333 g/mol. The molecule has 0 spiro atoms. The molecule has 1 heterocycles. The van der Waals surface area contributed by atoms with Gasteiger partial charge in [-0.15, -0.1) is 0 Å². The quantitative estimate of drug-likeness (QED) is 0.560. The SMILES string of the molecule is CCNC(=NCc1ccc(F)cc1)NCc1c(C)nn(CCOC)c1C. The summed E-state index contributed by atoms with van der Waals surface area (Å²) in [6.07, 6.45) is 0. The number of nitrogens with zero attached hydrogens (tertiary/aromatic N) is 3. The standard InChI is InChI=1S/C19H28FN5O/c1-5-21-19(22-12-16-6-8-17(20)9-7-16)23-13-18-14(2)24-25(15(18)3)10-11-26-4/h6-9H,5,10-13H2,1-4H3,(H2,21,22,23). The van der Waals surface area contributed by atoms with Crippen molar-refractivity contribution in [1.29, 1.82) is 0 Å². The van der Waals surface area contributed by atoms with Gasteiger partial charge in [-0.2, -0.15) is 5.10 Å². The van der Waals surface area contributed by atoms with Gasteiger partial charge in [-0.25, -0.2) is 9.38 Å². The fourth-order valence-corrected chi connectivity index (χ4v) is 2.66. The lowest BCUT2D eigenvalue weighted by Crippen LogP contribution is -2.37. The van der Waals surface area contributed by atoms with E-state index in [-0.39, 0.29) is 5.82 Å². The number of aryl methyl sites for hydroxylation is 1. The van der Waals surface area contributed by atoms with Crippen molar-refractivity contribution in [3.05, 3.63) is 52.6 Å². The van der Waals surface area contributed by atoms with E-state index >= 15 is 0 Å². The average molecular weight is 361 g/mol. The molecule has 0 aliphatic carbocycles. The van der Waals surface area contributed by atoms with Crippen molar-refractivity contribution >= 4 is 5.96 Å². The predicted molar refractivity (Wildman–Crippen MR) is 102 cm³/mol. The molecule has 0 saturated carbocycles. The Labute approximate surface area is 154 Å². The fraction of sp³-hybridized carbons (Fsp3) is 0.474. The highest BCUT2D eigenvalue weighted by Gasteiger charge is 2.11. The molecule has 0 aliphatic rings. The Morgan fingerprint density at radius 2 is 1.96 bits per heavy atom. The Hall–Kier alpha value is -2.41. The molecule has 1 aromatic carbocycles. The van der Waals surface area contributed by atoms with Crippen molar-refractivity contribution in [3.8, 4) is 0 Å². The summed E-state index contributed by atoms with van der Waals surface area (Å²) in [5, 5.41) is 11.2. The van der Waals surface area contributed by atoms with Gasteiger partial charge in [-0.05, 0) is 38.5 Å². The summed E-state index contributed by atoms with van der Waals surface area (Å²) in [6, 6.07) is 6.39. The minimum Gasteiger partial charge on any atom is -0.383 e. The Morgan fingerprint density at radius 1 is 1.23 bits per heavy atom. The Morgan fingerprint density at radius 3 is 2.62 bits per heavy atom. The minimum atomic E-state index is -0.237. The van der Waals surface area contributed by atoms with Gasteiger partial charge in [0.15, 0.2) is 5.96 Å². The summed E-state index contributed by atoms with van der Waals surface area (Å²) >= 11 is 0. The molecule has 0 aliphatic heterocycles. The van der Waals surface area contributed by atoms with Gasteiger partial charge in [-0.1, -0.05) is 12.1 Å². The molecule has 0 atom stereocenters. The van der Waals surface area contributed by atoms with Crippen molar-refractivity contribution < 1.29 is 9.13 Å². The number of methoxy groups -OCH3 is 1. The van der Waals surface area contributed by atoms with Crippen LogP contribution in [-0.4, -0.2) is 36.0 Å². The second-order valence-corrected chi connectivity index (χ2v) is 6.04. The zero-order valence-electron chi connectivity index (χ0n) is 16.0. The summed E-state index contributed by atoms with van der Waals surface area (Å²) in [4.78, 5) is 4.57. The maximum absolute atomic E-state index is 13.0. The minimum absolute atomic E-state index is 0.237. The smallest absolute Gasteiger partial charge is 0.191 e. The molecule has 1 aromatic heterocycles. The van der Waals surface area contributed by atoms with E-state index in [1.54, 1.807) is 19.2 Å². The van der Waals surface area contributed by atoms with Gasteiger partial charge in [0, 0.05) is 31.5 Å².